The molecule has 0 saturated carbocycles. The molecule has 6 aromatic rings. The second-order valence-electron chi connectivity index (χ2n) is 14.4. The molecule has 1 unspecified atom stereocenters. The maximum Gasteiger partial charge on any atom is 0.255 e. The number of carbonyl (C=O) groups excluding carboxylic acids is 4. The highest BCUT2D eigenvalue weighted by Crippen LogP contribution is 2.36. The zero-order valence-corrected chi connectivity index (χ0v) is 30.9. The minimum Gasteiger partial charge on any atom is -0.457 e. The summed E-state index contributed by atoms with van der Waals surface area (Å²) in [4.78, 5) is 67.9. The number of carbonyl (C=O) groups is 4. The summed E-state index contributed by atoms with van der Waals surface area (Å²) in [5, 5.41) is 11.4. The number of piperidine rings is 2. The number of nitrogens with zero attached hydrogens (tertiary/aromatic N) is 8. The molecule has 2 fully saturated rings. The number of nitrogen functional groups attached to an aromatic ring is 1. The second kappa shape index (κ2) is 14.9. The maximum atomic E-state index is 13.7. The monoisotopic (exact) mass is 765 g/mol. The molecule has 3 aliphatic rings. The number of hydrogen-bond acceptors (Lipinski definition) is 11. The molecular weight excluding hydrogens is 727 g/mol. The summed E-state index contributed by atoms with van der Waals surface area (Å²) >= 11 is 0. The van der Waals surface area contributed by atoms with Gasteiger partial charge in [-0.15, -0.1) is 0 Å². The van der Waals surface area contributed by atoms with Crippen LogP contribution in [0.2, 0.25) is 0 Å². The number of nitrogens with one attached hydrogen (secondary N) is 2. The van der Waals surface area contributed by atoms with Gasteiger partial charge in [0, 0.05) is 54.6 Å². The highest BCUT2D eigenvalue weighted by atomic mass is 16.5. The van der Waals surface area contributed by atoms with E-state index in [2.05, 4.69) is 25.6 Å². The molecule has 3 aromatic heterocycles. The van der Waals surface area contributed by atoms with E-state index in [-0.39, 0.29) is 43.3 Å². The summed E-state index contributed by atoms with van der Waals surface area (Å²) in [6.45, 7) is 1.82. The van der Waals surface area contributed by atoms with Crippen molar-refractivity contribution in [1.82, 2.24) is 44.4 Å². The van der Waals surface area contributed by atoms with E-state index < -0.39 is 11.9 Å². The van der Waals surface area contributed by atoms with Crippen LogP contribution in [0.15, 0.2) is 91.6 Å². The van der Waals surface area contributed by atoms with Crippen LogP contribution in [0.4, 0.5) is 11.5 Å². The lowest BCUT2D eigenvalue weighted by Gasteiger charge is -2.33. The molecule has 288 valence electrons. The maximum absolute atomic E-state index is 13.7. The number of amides is 4. The number of hydrogen-bond donors (Lipinski definition) is 3. The van der Waals surface area contributed by atoms with Crippen molar-refractivity contribution in [3.8, 4) is 22.8 Å². The molecule has 0 spiro atoms. The molecule has 9 rings (SSSR count). The number of para-hydroxylation sites is 1. The van der Waals surface area contributed by atoms with Gasteiger partial charge in [-0.25, -0.2) is 19.6 Å². The number of imidazole rings is 1. The SMILES string of the molecule is Nc1ncnc2c1c(-c1ccc(Oc3ccccc3)cc1)nn2[C@@H]1CCCN(C(=O)Cn2cnc(CNc3cccc4c3CN(C3CCC(=O)NC3=O)C4=O)c2)C1. The number of benzene rings is 3. The van der Waals surface area contributed by atoms with Crippen LogP contribution in [0.5, 0.6) is 11.5 Å². The quantitative estimate of drug-likeness (QED) is 0.168. The molecule has 4 amide bonds. The third-order valence-electron chi connectivity index (χ3n) is 10.8. The third-order valence-corrected chi connectivity index (χ3v) is 10.8. The van der Waals surface area contributed by atoms with E-state index in [0.717, 1.165) is 41.1 Å². The molecule has 4 N–H and O–H groups in total. The molecule has 0 bridgehead atoms. The van der Waals surface area contributed by atoms with E-state index >= 15 is 0 Å². The standard InChI is InChI=1S/C41H39N11O5/c42-38-36-37(25-11-13-29(14-12-25)57-28-7-2-1-3-8-28)48-52(39(36)45-23-44-38)27-6-5-17-50(20-27)35(54)22-49-19-26(46-24-49)18-43-32-10-4-9-30-31(32)21-51(41(30)56)33-15-16-34(53)47-40(33)55/h1-4,7-14,19,23-24,27,33,43H,5-6,15-18,20-22H2,(H2,42,44,45)(H,47,53,55)/t27-,33?/m1/s1. The van der Waals surface area contributed by atoms with Crippen molar-refractivity contribution in [3.63, 3.8) is 0 Å². The van der Waals surface area contributed by atoms with Gasteiger partial charge in [-0.05, 0) is 67.8 Å². The van der Waals surface area contributed by atoms with Crippen LogP contribution in [0, 0.1) is 0 Å². The van der Waals surface area contributed by atoms with Gasteiger partial charge in [0.2, 0.25) is 17.7 Å². The first-order valence-electron chi connectivity index (χ1n) is 18.9. The first kappa shape index (κ1) is 35.6. The van der Waals surface area contributed by atoms with Crippen molar-refractivity contribution in [2.75, 3.05) is 24.1 Å². The first-order valence-corrected chi connectivity index (χ1v) is 18.9. The lowest BCUT2D eigenvalue weighted by molar-refractivity contribution is -0.137. The number of imide groups is 1. The van der Waals surface area contributed by atoms with E-state index in [1.165, 1.54) is 11.2 Å². The fourth-order valence-corrected chi connectivity index (χ4v) is 7.92. The Labute approximate surface area is 326 Å². The number of rotatable bonds is 10. The van der Waals surface area contributed by atoms with Gasteiger partial charge in [-0.3, -0.25) is 24.5 Å². The number of ether oxygens (including phenoxy) is 1. The minimum atomic E-state index is -0.687. The predicted molar refractivity (Wildman–Crippen MR) is 209 cm³/mol. The molecule has 6 heterocycles. The van der Waals surface area contributed by atoms with Crippen LogP contribution in [0.3, 0.4) is 0 Å². The highest BCUT2D eigenvalue weighted by Gasteiger charge is 2.40. The Morgan fingerprint density at radius 2 is 1.77 bits per heavy atom. The van der Waals surface area contributed by atoms with Gasteiger partial charge in [0.1, 0.15) is 41.9 Å². The fourth-order valence-electron chi connectivity index (χ4n) is 7.92. The van der Waals surface area contributed by atoms with Gasteiger partial charge in [-0.1, -0.05) is 24.3 Å². The lowest BCUT2D eigenvalue weighted by atomic mass is 10.0. The Morgan fingerprint density at radius 3 is 2.60 bits per heavy atom. The molecule has 57 heavy (non-hydrogen) atoms. The van der Waals surface area contributed by atoms with Gasteiger partial charge in [-0.2, -0.15) is 5.10 Å². The lowest BCUT2D eigenvalue weighted by Crippen LogP contribution is -2.52. The first-order chi connectivity index (χ1) is 27.8. The second-order valence-corrected chi connectivity index (χ2v) is 14.4. The van der Waals surface area contributed by atoms with Crippen LogP contribution in [0.25, 0.3) is 22.3 Å². The summed E-state index contributed by atoms with van der Waals surface area (Å²) < 4.78 is 9.64. The summed E-state index contributed by atoms with van der Waals surface area (Å²) in [5.74, 6) is 0.731. The third kappa shape index (κ3) is 7.01. The van der Waals surface area contributed by atoms with E-state index in [0.29, 0.717) is 59.9 Å². The van der Waals surface area contributed by atoms with Crippen molar-refractivity contribution in [1.29, 1.82) is 0 Å². The van der Waals surface area contributed by atoms with Crippen molar-refractivity contribution < 1.29 is 23.9 Å². The molecule has 3 aliphatic heterocycles. The Bertz CT molecular complexity index is 2520. The van der Waals surface area contributed by atoms with Gasteiger partial charge in [0.05, 0.1) is 30.0 Å². The molecule has 0 aliphatic carbocycles. The summed E-state index contributed by atoms with van der Waals surface area (Å²) in [6.07, 6.45) is 7.02. The number of fused-ring (bicyclic) bond motifs is 2. The normalized spacial score (nSPS) is 18.1. The van der Waals surface area contributed by atoms with Gasteiger partial charge < -0.3 is 30.2 Å². The number of aromatic nitrogens is 6. The molecule has 2 atom stereocenters. The van der Waals surface area contributed by atoms with Crippen LogP contribution in [-0.4, -0.2) is 81.9 Å². The van der Waals surface area contributed by atoms with E-state index in [4.69, 9.17) is 15.6 Å². The fraction of sp³-hybridized carbons (Fsp3) is 0.268. The Morgan fingerprint density at radius 1 is 0.947 bits per heavy atom. The van der Waals surface area contributed by atoms with E-state index in [1.807, 2.05) is 76.4 Å². The summed E-state index contributed by atoms with van der Waals surface area (Å²) in [5.41, 5.74) is 11.3. The van der Waals surface area contributed by atoms with Gasteiger partial charge in [0.25, 0.3) is 5.91 Å². The topological polar surface area (TPSA) is 195 Å². The van der Waals surface area contributed by atoms with E-state index in [9.17, 15) is 19.2 Å². The molecule has 16 heteroatoms. The van der Waals surface area contributed by atoms with Crippen LogP contribution < -0.4 is 21.1 Å². The van der Waals surface area contributed by atoms with Crippen molar-refractivity contribution in [3.05, 3.63) is 108 Å². The molecule has 3 aromatic carbocycles. The van der Waals surface area contributed by atoms with Gasteiger partial charge >= 0.3 is 0 Å². The average molecular weight is 766 g/mol. The smallest absolute Gasteiger partial charge is 0.255 e. The van der Waals surface area contributed by atoms with Gasteiger partial charge in [0.15, 0.2) is 5.65 Å². The summed E-state index contributed by atoms with van der Waals surface area (Å²) in [7, 11) is 0. The minimum absolute atomic E-state index is 0.0376. The Kier molecular flexibility index (Phi) is 9.28. The number of nitrogens with two attached hydrogens (primary N) is 1. The Balaban J connectivity index is 0.850. The highest BCUT2D eigenvalue weighted by molar-refractivity contribution is 6.06. The molecule has 16 nitrogen and oxygen atoms in total. The summed E-state index contributed by atoms with van der Waals surface area (Å²) in [6, 6.07) is 21.9. The van der Waals surface area contributed by atoms with Crippen molar-refractivity contribution in [2.24, 2.45) is 0 Å². The van der Waals surface area contributed by atoms with Crippen LogP contribution >= 0.6 is 0 Å². The number of anilines is 2. The Hall–Kier alpha value is -7.10. The molecule has 0 radical (unpaired) electrons. The zero-order valence-electron chi connectivity index (χ0n) is 30.9. The van der Waals surface area contributed by atoms with Crippen LogP contribution in [-0.2, 0) is 34.0 Å². The largest absolute Gasteiger partial charge is 0.457 e. The van der Waals surface area contributed by atoms with Crippen molar-refractivity contribution in [2.45, 2.75) is 57.4 Å². The van der Waals surface area contributed by atoms with E-state index in [1.54, 1.807) is 23.0 Å². The number of likely N-dealkylation sites (tertiary alicyclic amines) is 1. The van der Waals surface area contributed by atoms with Crippen LogP contribution in [0.1, 0.15) is 53.3 Å². The predicted octanol–water partition coefficient (Wildman–Crippen LogP) is 4.30. The molecular formula is C41H39N11O5. The average Bonchev–Trinajstić information content (AvgIpc) is 3.94. The molecule has 2 saturated heterocycles. The zero-order chi connectivity index (χ0) is 39.0. The van der Waals surface area contributed by atoms with Crippen molar-refractivity contribution >= 4 is 46.2 Å².